The minimum Gasteiger partial charge on any atom is -0.493 e. The molecular formula is C34H33N3O5. The van der Waals surface area contributed by atoms with Crippen LogP contribution in [0.5, 0.6) is 11.5 Å². The predicted molar refractivity (Wildman–Crippen MR) is 160 cm³/mol. The second kappa shape index (κ2) is 13.5. The number of amides is 3. The van der Waals surface area contributed by atoms with E-state index in [1.807, 2.05) is 30.3 Å². The van der Waals surface area contributed by atoms with Crippen molar-refractivity contribution < 1.29 is 23.9 Å². The van der Waals surface area contributed by atoms with Crippen molar-refractivity contribution in [3.8, 4) is 11.5 Å². The van der Waals surface area contributed by atoms with E-state index in [-0.39, 0.29) is 24.5 Å². The highest BCUT2D eigenvalue weighted by molar-refractivity contribution is 6.04. The zero-order valence-electron chi connectivity index (χ0n) is 23.4. The summed E-state index contributed by atoms with van der Waals surface area (Å²) in [7, 11) is 1.60. The van der Waals surface area contributed by atoms with Crippen LogP contribution in [0.2, 0.25) is 0 Å². The van der Waals surface area contributed by atoms with Crippen molar-refractivity contribution >= 4 is 23.4 Å². The molecule has 0 spiro atoms. The van der Waals surface area contributed by atoms with E-state index in [1.165, 1.54) is 5.01 Å². The first-order chi connectivity index (χ1) is 20.5. The van der Waals surface area contributed by atoms with E-state index in [2.05, 4.69) is 10.7 Å². The summed E-state index contributed by atoms with van der Waals surface area (Å²) in [6.45, 7) is 0.107. The number of rotatable bonds is 9. The third-order valence-corrected chi connectivity index (χ3v) is 7.11. The second-order valence-electron chi connectivity index (χ2n) is 10.1. The Bertz CT molecular complexity index is 1520. The summed E-state index contributed by atoms with van der Waals surface area (Å²) in [5.74, 6) is 0.174. The fourth-order valence-corrected chi connectivity index (χ4v) is 4.86. The van der Waals surface area contributed by atoms with Gasteiger partial charge in [-0.25, -0.2) is 5.01 Å². The summed E-state index contributed by atoms with van der Waals surface area (Å²) >= 11 is 0. The molecule has 1 fully saturated rings. The quantitative estimate of drug-likeness (QED) is 0.235. The zero-order valence-corrected chi connectivity index (χ0v) is 23.4. The molecular weight excluding hydrogens is 530 g/mol. The lowest BCUT2D eigenvalue weighted by Gasteiger charge is -2.24. The molecule has 0 heterocycles. The summed E-state index contributed by atoms with van der Waals surface area (Å²) in [5.41, 5.74) is 5.39. The number of hydrogen-bond donors (Lipinski definition) is 2. The van der Waals surface area contributed by atoms with Crippen LogP contribution in [-0.2, 0) is 6.54 Å². The number of methoxy groups -OCH3 is 1. The van der Waals surface area contributed by atoms with Crippen LogP contribution in [0.15, 0.2) is 103 Å². The first kappa shape index (κ1) is 28.4. The summed E-state index contributed by atoms with van der Waals surface area (Å²) in [6.07, 6.45) is 4.40. The van der Waals surface area contributed by atoms with Crippen LogP contribution in [0.4, 0.5) is 5.69 Å². The van der Waals surface area contributed by atoms with Crippen LogP contribution in [-0.4, -0.2) is 35.9 Å². The fraction of sp³-hybridized carbons (Fsp3) is 0.206. The number of carbonyl (C=O) groups is 3. The van der Waals surface area contributed by atoms with Crippen LogP contribution < -0.4 is 20.2 Å². The Morgan fingerprint density at radius 2 is 1.36 bits per heavy atom. The van der Waals surface area contributed by atoms with Crippen LogP contribution in [0.25, 0.3) is 0 Å². The lowest BCUT2D eigenvalue weighted by Crippen LogP contribution is -2.45. The molecule has 0 unspecified atom stereocenters. The Balaban J connectivity index is 1.32. The molecule has 2 N–H and O–H groups in total. The Kier molecular flexibility index (Phi) is 9.13. The van der Waals surface area contributed by atoms with Gasteiger partial charge in [-0.15, -0.1) is 0 Å². The van der Waals surface area contributed by atoms with Crippen LogP contribution in [0, 0.1) is 0 Å². The smallest absolute Gasteiger partial charge is 0.272 e. The highest BCUT2D eigenvalue weighted by Gasteiger charge is 2.22. The van der Waals surface area contributed by atoms with Gasteiger partial charge < -0.3 is 14.8 Å². The van der Waals surface area contributed by atoms with Crippen LogP contribution in [0.1, 0.15) is 62.3 Å². The molecule has 214 valence electrons. The molecule has 0 bridgehead atoms. The normalized spacial score (nSPS) is 12.8. The second-order valence-corrected chi connectivity index (χ2v) is 10.1. The molecule has 5 rings (SSSR count). The van der Waals surface area contributed by atoms with Gasteiger partial charge in [-0.05, 0) is 91.9 Å². The highest BCUT2D eigenvalue weighted by atomic mass is 16.5. The van der Waals surface area contributed by atoms with Gasteiger partial charge in [0, 0.05) is 22.4 Å². The molecule has 0 atom stereocenters. The topological polar surface area (TPSA) is 97.0 Å². The molecule has 8 heteroatoms. The van der Waals surface area contributed by atoms with E-state index in [4.69, 9.17) is 9.47 Å². The molecule has 4 aromatic carbocycles. The van der Waals surface area contributed by atoms with Gasteiger partial charge in [0.25, 0.3) is 17.7 Å². The average Bonchev–Trinajstić information content (AvgIpc) is 3.55. The SMILES string of the molecule is COc1ccc(CN(NC(=O)c2ccc(NC(=O)c3ccccc3)cc2)C(=O)c2ccccc2)cc1OC1CCCC1. The molecule has 1 aliphatic rings. The van der Waals surface area contributed by atoms with E-state index in [1.54, 1.807) is 79.9 Å². The first-order valence-corrected chi connectivity index (χ1v) is 14.0. The van der Waals surface area contributed by atoms with Gasteiger partial charge in [0.15, 0.2) is 11.5 Å². The van der Waals surface area contributed by atoms with E-state index < -0.39 is 5.91 Å². The standard InChI is InChI=1S/C34H33N3O5/c1-41-30-21-16-24(22-31(30)42-29-14-8-9-15-29)23-37(34(40)27-12-6-3-7-13-27)36-33(39)26-17-19-28(20-18-26)35-32(38)25-10-4-2-5-11-25/h2-7,10-13,16-22,29H,8-9,14-15,23H2,1H3,(H,35,38)(H,36,39). The van der Waals surface area contributed by atoms with Crippen molar-refractivity contribution in [2.45, 2.75) is 38.3 Å². The van der Waals surface area contributed by atoms with Crippen molar-refractivity contribution in [3.63, 3.8) is 0 Å². The number of benzene rings is 4. The van der Waals surface area contributed by atoms with Crippen LogP contribution >= 0.6 is 0 Å². The highest BCUT2D eigenvalue weighted by Crippen LogP contribution is 2.33. The first-order valence-electron chi connectivity index (χ1n) is 14.0. The summed E-state index contributed by atoms with van der Waals surface area (Å²) in [5, 5.41) is 4.12. The number of nitrogens with zero attached hydrogens (tertiary/aromatic N) is 1. The van der Waals surface area contributed by atoms with Crippen LogP contribution in [0.3, 0.4) is 0 Å². The third kappa shape index (κ3) is 7.14. The van der Waals surface area contributed by atoms with Gasteiger partial charge in [-0.1, -0.05) is 42.5 Å². The van der Waals surface area contributed by atoms with E-state index >= 15 is 0 Å². The molecule has 0 radical (unpaired) electrons. The Morgan fingerprint density at radius 3 is 2.00 bits per heavy atom. The number of nitrogens with one attached hydrogen (secondary N) is 2. The number of hydrogen-bond acceptors (Lipinski definition) is 5. The molecule has 8 nitrogen and oxygen atoms in total. The number of hydrazine groups is 1. The Morgan fingerprint density at radius 1 is 0.738 bits per heavy atom. The molecule has 1 saturated carbocycles. The van der Waals surface area contributed by atoms with E-state index in [0.29, 0.717) is 33.9 Å². The van der Waals surface area contributed by atoms with Crippen molar-refractivity contribution in [1.82, 2.24) is 10.4 Å². The van der Waals surface area contributed by atoms with Crippen molar-refractivity contribution in [2.24, 2.45) is 0 Å². The maximum Gasteiger partial charge on any atom is 0.272 e. The molecule has 42 heavy (non-hydrogen) atoms. The van der Waals surface area contributed by atoms with E-state index in [9.17, 15) is 14.4 Å². The molecule has 1 aliphatic carbocycles. The minimum atomic E-state index is -0.462. The molecule has 4 aromatic rings. The Hall–Kier alpha value is -5.11. The summed E-state index contributed by atoms with van der Waals surface area (Å²) < 4.78 is 11.7. The van der Waals surface area contributed by atoms with Gasteiger partial charge in [0.1, 0.15) is 0 Å². The van der Waals surface area contributed by atoms with Gasteiger partial charge in [0.05, 0.1) is 19.8 Å². The third-order valence-electron chi connectivity index (χ3n) is 7.11. The monoisotopic (exact) mass is 563 g/mol. The minimum absolute atomic E-state index is 0.107. The maximum absolute atomic E-state index is 13.5. The lowest BCUT2D eigenvalue weighted by atomic mass is 10.1. The predicted octanol–water partition coefficient (Wildman–Crippen LogP) is 6.26. The van der Waals surface area contributed by atoms with Gasteiger partial charge in [-0.2, -0.15) is 0 Å². The van der Waals surface area contributed by atoms with Crippen molar-refractivity contribution in [3.05, 3.63) is 125 Å². The van der Waals surface area contributed by atoms with Gasteiger partial charge in [-0.3, -0.25) is 19.8 Å². The molecule has 3 amide bonds. The number of ether oxygens (including phenoxy) is 2. The largest absolute Gasteiger partial charge is 0.493 e. The average molecular weight is 564 g/mol. The Labute approximate surface area is 245 Å². The lowest BCUT2D eigenvalue weighted by molar-refractivity contribution is 0.0566. The zero-order chi connectivity index (χ0) is 29.3. The van der Waals surface area contributed by atoms with Crippen molar-refractivity contribution in [2.75, 3.05) is 12.4 Å². The maximum atomic E-state index is 13.5. The van der Waals surface area contributed by atoms with Gasteiger partial charge >= 0.3 is 0 Å². The van der Waals surface area contributed by atoms with Gasteiger partial charge in [0.2, 0.25) is 0 Å². The van der Waals surface area contributed by atoms with E-state index in [0.717, 1.165) is 31.2 Å². The number of anilines is 1. The number of carbonyl (C=O) groups excluding carboxylic acids is 3. The fourth-order valence-electron chi connectivity index (χ4n) is 4.86. The molecule has 0 aliphatic heterocycles. The summed E-state index contributed by atoms with van der Waals surface area (Å²) in [6, 6.07) is 29.7. The summed E-state index contributed by atoms with van der Waals surface area (Å²) in [4.78, 5) is 39.3. The van der Waals surface area contributed by atoms with Crippen molar-refractivity contribution in [1.29, 1.82) is 0 Å². The molecule has 0 saturated heterocycles. The molecule has 0 aromatic heterocycles.